The first-order valence-electron chi connectivity index (χ1n) is 14.0. The average molecular weight is 567 g/mol. The number of hydrogen-bond acceptors (Lipinski definition) is 6. The summed E-state index contributed by atoms with van der Waals surface area (Å²) in [5.74, 6) is -0.940. The predicted molar refractivity (Wildman–Crippen MR) is 156 cm³/mol. The minimum Gasteiger partial charge on any atom is -0.475 e. The van der Waals surface area contributed by atoms with Crippen LogP contribution in [0.5, 0.6) is 0 Å². The summed E-state index contributed by atoms with van der Waals surface area (Å²) in [6.45, 7) is 1.61. The van der Waals surface area contributed by atoms with Crippen LogP contribution in [0.4, 0.5) is 5.69 Å². The number of carbonyl (C=O) groups is 3. The fourth-order valence-corrected chi connectivity index (χ4v) is 5.50. The Hall–Kier alpha value is -5.12. The van der Waals surface area contributed by atoms with Gasteiger partial charge in [-0.1, -0.05) is 31.4 Å². The number of benzene rings is 2. The molecular weight excluding hydrogens is 536 g/mol. The van der Waals surface area contributed by atoms with Gasteiger partial charge in [-0.3, -0.25) is 9.59 Å². The van der Waals surface area contributed by atoms with Crippen molar-refractivity contribution in [1.82, 2.24) is 14.9 Å². The molecule has 0 aliphatic heterocycles. The van der Waals surface area contributed by atoms with Gasteiger partial charge in [0.05, 0.1) is 22.9 Å². The molecule has 0 radical (unpaired) electrons. The molecule has 3 aromatic heterocycles. The van der Waals surface area contributed by atoms with Gasteiger partial charge in [-0.2, -0.15) is 0 Å². The summed E-state index contributed by atoms with van der Waals surface area (Å²) in [5, 5.41) is 14.7. The van der Waals surface area contributed by atoms with E-state index in [1.807, 2.05) is 12.1 Å². The Balaban J connectivity index is 1.17. The third-order valence-electron chi connectivity index (χ3n) is 7.64. The number of anilines is 1. The number of carboxylic acids is 1. The molecule has 0 spiro atoms. The van der Waals surface area contributed by atoms with Crippen LogP contribution in [-0.2, 0) is 4.79 Å². The molecule has 10 nitrogen and oxygen atoms in total. The predicted octanol–water partition coefficient (Wildman–Crippen LogP) is 6.52. The van der Waals surface area contributed by atoms with Crippen molar-refractivity contribution in [2.75, 3.05) is 5.32 Å². The van der Waals surface area contributed by atoms with Gasteiger partial charge in [0.1, 0.15) is 23.9 Å². The van der Waals surface area contributed by atoms with Crippen LogP contribution < -0.4 is 10.6 Å². The number of nitrogens with zero attached hydrogens (tertiary/aromatic N) is 2. The fraction of sp³-hybridized carbons (Fsp3) is 0.250. The third-order valence-corrected chi connectivity index (χ3v) is 7.64. The molecule has 0 saturated heterocycles. The average Bonchev–Trinajstić information content (AvgIpc) is 3.77. The number of carbonyl (C=O) groups excluding carboxylic acids is 2. The molecule has 1 unspecified atom stereocenters. The van der Waals surface area contributed by atoms with Crippen LogP contribution in [0.25, 0.3) is 33.7 Å². The number of amides is 2. The summed E-state index contributed by atoms with van der Waals surface area (Å²) in [7, 11) is 0. The minimum atomic E-state index is -1.16. The maximum Gasteiger partial charge on any atom is 0.371 e. The van der Waals surface area contributed by atoms with Gasteiger partial charge in [-0.25, -0.2) is 9.78 Å². The van der Waals surface area contributed by atoms with Gasteiger partial charge < -0.3 is 29.1 Å². The van der Waals surface area contributed by atoms with Crippen LogP contribution in [0.1, 0.15) is 66.0 Å². The lowest BCUT2D eigenvalue weighted by Gasteiger charge is -2.25. The zero-order valence-corrected chi connectivity index (χ0v) is 23.0. The van der Waals surface area contributed by atoms with E-state index in [1.54, 1.807) is 61.9 Å². The molecule has 6 rings (SSSR count). The molecule has 214 valence electrons. The topological polar surface area (TPSA) is 140 Å². The van der Waals surface area contributed by atoms with Crippen molar-refractivity contribution in [2.24, 2.45) is 0 Å². The number of aromatic carboxylic acids is 1. The molecule has 3 heterocycles. The van der Waals surface area contributed by atoms with Crippen molar-refractivity contribution < 1.29 is 28.3 Å². The molecule has 2 aromatic carbocycles. The Morgan fingerprint density at radius 3 is 2.57 bits per heavy atom. The first kappa shape index (κ1) is 27.1. The van der Waals surface area contributed by atoms with Gasteiger partial charge in [0.2, 0.25) is 11.7 Å². The molecule has 42 heavy (non-hydrogen) atoms. The van der Waals surface area contributed by atoms with Crippen LogP contribution in [0, 0.1) is 0 Å². The highest BCUT2D eigenvalue weighted by atomic mass is 16.4. The van der Waals surface area contributed by atoms with E-state index in [-0.39, 0.29) is 11.7 Å². The Kier molecular flexibility index (Phi) is 7.35. The van der Waals surface area contributed by atoms with Crippen LogP contribution in [-0.4, -0.2) is 38.5 Å². The summed E-state index contributed by atoms with van der Waals surface area (Å²) >= 11 is 0. The molecule has 1 fully saturated rings. The Bertz CT molecular complexity index is 1760. The van der Waals surface area contributed by atoms with Gasteiger partial charge in [0.15, 0.2) is 0 Å². The molecule has 1 atom stereocenters. The van der Waals surface area contributed by atoms with Crippen LogP contribution in [0.2, 0.25) is 0 Å². The van der Waals surface area contributed by atoms with Crippen LogP contribution >= 0.6 is 0 Å². The number of imidazole rings is 1. The third kappa shape index (κ3) is 5.43. The van der Waals surface area contributed by atoms with Gasteiger partial charge in [-0.15, -0.1) is 0 Å². The van der Waals surface area contributed by atoms with E-state index in [4.69, 9.17) is 18.9 Å². The van der Waals surface area contributed by atoms with Crippen molar-refractivity contribution in [3.8, 4) is 22.7 Å². The van der Waals surface area contributed by atoms with Crippen molar-refractivity contribution in [1.29, 1.82) is 0 Å². The standard InChI is InChI=1S/C32H30N4O6/c1-19(30(37)34-23-7-5-6-20(16-23)27-12-13-28(42-27)32(39)40)33-31(38)21-10-11-26-25(17-21)35-29(22-14-15-41-18-22)36(26)24-8-3-2-4-9-24/h5-7,10-19,24H,2-4,8-9H2,1H3,(H,33,38)(H,34,37)(H,39,40). The molecule has 3 N–H and O–H groups in total. The summed E-state index contributed by atoms with van der Waals surface area (Å²) in [4.78, 5) is 42.1. The molecule has 1 saturated carbocycles. The van der Waals surface area contributed by atoms with Crippen molar-refractivity contribution in [2.45, 2.75) is 51.1 Å². The normalized spacial score (nSPS) is 14.5. The quantitative estimate of drug-likeness (QED) is 0.194. The van der Waals surface area contributed by atoms with Crippen molar-refractivity contribution >= 4 is 34.5 Å². The molecule has 1 aliphatic rings. The summed E-state index contributed by atoms with van der Waals surface area (Å²) in [6, 6.07) is 16.6. The van der Waals surface area contributed by atoms with Gasteiger partial charge in [0, 0.05) is 22.9 Å². The molecule has 0 bridgehead atoms. The number of carboxylic acid groups (broad SMARTS) is 1. The van der Waals surface area contributed by atoms with E-state index in [2.05, 4.69) is 15.2 Å². The zero-order valence-electron chi connectivity index (χ0n) is 23.0. The Morgan fingerprint density at radius 2 is 1.83 bits per heavy atom. The van der Waals surface area contributed by atoms with Crippen LogP contribution in [0.15, 0.2) is 82.0 Å². The molecule has 2 amide bonds. The SMILES string of the molecule is CC(NC(=O)c1ccc2c(c1)nc(-c1ccoc1)n2C1CCCCC1)C(=O)Nc1cccc(-c2ccc(C(=O)O)o2)c1. The van der Waals surface area contributed by atoms with Crippen molar-refractivity contribution in [3.05, 3.63) is 84.5 Å². The monoisotopic (exact) mass is 566 g/mol. The number of aromatic nitrogens is 2. The fourth-order valence-electron chi connectivity index (χ4n) is 5.50. The van der Waals surface area contributed by atoms with E-state index in [1.165, 1.54) is 25.3 Å². The maximum absolute atomic E-state index is 13.2. The number of furan rings is 2. The van der Waals surface area contributed by atoms with Gasteiger partial charge in [0.25, 0.3) is 5.91 Å². The first-order valence-corrected chi connectivity index (χ1v) is 14.0. The lowest BCUT2D eigenvalue weighted by Crippen LogP contribution is -2.41. The van der Waals surface area contributed by atoms with E-state index in [0.29, 0.717) is 34.1 Å². The van der Waals surface area contributed by atoms with E-state index in [9.17, 15) is 14.4 Å². The van der Waals surface area contributed by atoms with Crippen LogP contribution in [0.3, 0.4) is 0 Å². The molecule has 1 aliphatic carbocycles. The Morgan fingerprint density at radius 1 is 1.00 bits per heavy atom. The maximum atomic E-state index is 13.2. The molecular formula is C32H30N4O6. The largest absolute Gasteiger partial charge is 0.475 e. The highest BCUT2D eigenvalue weighted by Crippen LogP contribution is 2.36. The van der Waals surface area contributed by atoms with Gasteiger partial charge >= 0.3 is 5.97 Å². The summed E-state index contributed by atoms with van der Waals surface area (Å²) in [6.07, 6.45) is 9.07. The second-order valence-electron chi connectivity index (χ2n) is 10.5. The zero-order chi connectivity index (χ0) is 29.2. The number of nitrogens with one attached hydrogen (secondary N) is 2. The first-order chi connectivity index (χ1) is 20.4. The Labute approximate surface area is 241 Å². The van der Waals surface area contributed by atoms with Gasteiger partial charge in [-0.05, 0) is 68.3 Å². The van der Waals surface area contributed by atoms with E-state index >= 15 is 0 Å². The second-order valence-corrected chi connectivity index (χ2v) is 10.5. The second kappa shape index (κ2) is 11.4. The number of rotatable bonds is 8. The molecule has 10 heteroatoms. The summed E-state index contributed by atoms with van der Waals surface area (Å²) < 4.78 is 13.0. The lowest BCUT2D eigenvalue weighted by molar-refractivity contribution is -0.117. The smallest absolute Gasteiger partial charge is 0.371 e. The molecule has 5 aromatic rings. The summed E-state index contributed by atoms with van der Waals surface area (Å²) in [5.41, 5.74) is 4.06. The number of fused-ring (bicyclic) bond motifs is 1. The van der Waals surface area contributed by atoms with E-state index in [0.717, 1.165) is 29.7 Å². The number of hydrogen-bond donors (Lipinski definition) is 3. The minimum absolute atomic E-state index is 0.174. The highest BCUT2D eigenvalue weighted by Gasteiger charge is 2.24. The highest BCUT2D eigenvalue weighted by molar-refractivity contribution is 6.02. The van der Waals surface area contributed by atoms with Crippen molar-refractivity contribution in [3.63, 3.8) is 0 Å². The van der Waals surface area contributed by atoms with E-state index < -0.39 is 17.9 Å². The lowest BCUT2D eigenvalue weighted by atomic mass is 9.95.